The van der Waals surface area contributed by atoms with E-state index < -0.39 is 0 Å². The van der Waals surface area contributed by atoms with Crippen LogP contribution in [0, 0.1) is 11.8 Å². The molecule has 62 valence electrons. The quantitative estimate of drug-likeness (QED) is 0.581. The largest absolute Gasteiger partial charge is 0.315 e. The minimum absolute atomic E-state index is 0.891. The SMILES string of the molecule is C1CC(N2CC3CC3C2)CN1. The fraction of sp³-hybridized carbons (Fsp3) is 1.00. The van der Waals surface area contributed by atoms with Crippen LogP contribution in [0.3, 0.4) is 0 Å². The molecule has 0 aromatic rings. The molecule has 0 aromatic heterocycles. The molecule has 2 heteroatoms. The van der Waals surface area contributed by atoms with Gasteiger partial charge in [-0.2, -0.15) is 0 Å². The zero-order valence-electron chi connectivity index (χ0n) is 6.92. The Morgan fingerprint density at radius 2 is 2.00 bits per heavy atom. The Bertz CT molecular complexity index is 153. The second-order valence-corrected chi connectivity index (χ2v) is 4.36. The first-order chi connectivity index (χ1) is 5.43. The van der Waals surface area contributed by atoms with E-state index in [1.807, 2.05) is 0 Å². The average molecular weight is 152 g/mol. The first-order valence-corrected chi connectivity index (χ1v) is 4.88. The van der Waals surface area contributed by atoms with Crippen molar-refractivity contribution in [3.8, 4) is 0 Å². The molecule has 0 spiro atoms. The Morgan fingerprint density at radius 3 is 2.64 bits per heavy atom. The zero-order valence-corrected chi connectivity index (χ0v) is 6.92. The van der Waals surface area contributed by atoms with Gasteiger partial charge >= 0.3 is 0 Å². The Morgan fingerprint density at radius 1 is 1.18 bits per heavy atom. The number of hydrogen-bond acceptors (Lipinski definition) is 2. The van der Waals surface area contributed by atoms with Crippen molar-refractivity contribution in [1.29, 1.82) is 0 Å². The highest BCUT2D eigenvalue weighted by molar-refractivity contribution is 4.99. The normalized spacial score (nSPS) is 49.6. The maximum atomic E-state index is 3.44. The number of rotatable bonds is 1. The summed E-state index contributed by atoms with van der Waals surface area (Å²) >= 11 is 0. The standard InChI is InChI=1S/C9H16N2/c1-2-10-4-9(1)11-5-7-3-8(7)6-11/h7-10H,1-6H2. The summed E-state index contributed by atoms with van der Waals surface area (Å²) < 4.78 is 0. The van der Waals surface area contributed by atoms with Gasteiger partial charge in [0.25, 0.3) is 0 Å². The minimum atomic E-state index is 0.891. The van der Waals surface area contributed by atoms with Crippen molar-refractivity contribution in [2.24, 2.45) is 11.8 Å². The summed E-state index contributed by atoms with van der Waals surface area (Å²) in [4.78, 5) is 2.71. The summed E-state index contributed by atoms with van der Waals surface area (Å²) in [7, 11) is 0. The summed E-state index contributed by atoms with van der Waals surface area (Å²) in [6, 6.07) is 0.891. The van der Waals surface area contributed by atoms with Crippen molar-refractivity contribution in [2.75, 3.05) is 26.2 Å². The lowest BCUT2D eigenvalue weighted by molar-refractivity contribution is 0.233. The number of likely N-dealkylation sites (tertiary alicyclic amines) is 1. The summed E-state index contributed by atoms with van der Waals surface area (Å²) in [5.41, 5.74) is 0. The molecule has 3 atom stereocenters. The third kappa shape index (κ3) is 1.00. The van der Waals surface area contributed by atoms with Crippen LogP contribution in [-0.2, 0) is 0 Å². The van der Waals surface area contributed by atoms with Crippen LogP contribution in [0.1, 0.15) is 12.8 Å². The molecule has 11 heavy (non-hydrogen) atoms. The lowest BCUT2D eigenvalue weighted by Crippen LogP contribution is -2.36. The summed E-state index contributed by atoms with van der Waals surface area (Å²) in [6.45, 7) is 5.32. The van der Waals surface area contributed by atoms with Gasteiger partial charge in [0.2, 0.25) is 0 Å². The van der Waals surface area contributed by atoms with E-state index in [0.717, 1.165) is 17.9 Å². The number of fused-ring (bicyclic) bond motifs is 1. The smallest absolute Gasteiger partial charge is 0.0232 e. The third-order valence-corrected chi connectivity index (χ3v) is 3.56. The van der Waals surface area contributed by atoms with Gasteiger partial charge in [-0.15, -0.1) is 0 Å². The predicted octanol–water partition coefficient (Wildman–Crippen LogP) is 0.300. The second kappa shape index (κ2) is 2.20. The Kier molecular flexibility index (Phi) is 1.29. The fourth-order valence-electron chi connectivity index (χ4n) is 2.68. The molecule has 0 bridgehead atoms. The Labute approximate surface area is 68.0 Å². The van der Waals surface area contributed by atoms with Crippen LogP contribution in [0.15, 0.2) is 0 Å². The number of nitrogens with zero attached hydrogens (tertiary/aromatic N) is 1. The van der Waals surface area contributed by atoms with E-state index in [-0.39, 0.29) is 0 Å². The minimum Gasteiger partial charge on any atom is -0.315 e. The van der Waals surface area contributed by atoms with Crippen molar-refractivity contribution < 1.29 is 0 Å². The van der Waals surface area contributed by atoms with E-state index in [9.17, 15) is 0 Å². The van der Waals surface area contributed by atoms with E-state index in [4.69, 9.17) is 0 Å². The van der Waals surface area contributed by atoms with Crippen molar-refractivity contribution in [3.63, 3.8) is 0 Å². The van der Waals surface area contributed by atoms with Crippen molar-refractivity contribution >= 4 is 0 Å². The highest BCUT2D eigenvalue weighted by Gasteiger charge is 2.46. The molecule has 3 fully saturated rings. The molecule has 2 nitrogen and oxygen atoms in total. The van der Waals surface area contributed by atoms with Crippen LogP contribution in [0.2, 0.25) is 0 Å². The lowest BCUT2D eigenvalue weighted by Gasteiger charge is -2.23. The highest BCUT2D eigenvalue weighted by atomic mass is 15.2. The maximum Gasteiger partial charge on any atom is 0.0232 e. The van der Waals surface area contributed by atoms with Gasteiger partial charge in [0.15, 0.2) is 0 Å². The predicted molar refractivity (Wildman–Crippen MR) is 44.4 cm³/mol. The molecule has 1 N–H and O–H groups in total. The van der Waals surface area contributed by atoms with Crippen LogP contribution in [-0.4, -0.2) is 37.1 Å². The third-order valence-electron chi connectivity index (χ3n) is 3.56. The lowest BCUT2D eigenvalue weighted by atomic mass is 10.2. The molecule has 1 saturated carbocycles. The first kappa shape index (κ1) is 6.44. The van der Waals surface area contributed by atoms with Gasteiger partial charge < -0.3 is 5.32 Å². The van der Waals surface area contributed by atoms with Crippen LogP contribution < -0.4 is 5.32 Å². The number of piperidine rings is 1. The van der Waals surface area contributed by atoms with Gasteiger partial charge in [0, 0.05) is 25.7 Å². The van der Waals surface area contributed by atoms with Gasteiger partial charge in [0.05, 0.1) is 0 Å². The van der Waals surface area contributed by atoms with Gasteiger partial charge in [-0.1, -0.05) is 0 Å². The summed E-state index contributed by atoms with van der Waals surface area (Å²) in [5, 5.41) is 3.44. The van der Waals surface area contributed by atoms with Crippen LogP contribution in [0.4, 0.5) is 0 Å². The number of hydrogen-bond donors (Lipinski definition) is 1. The Balaban J connectivity index is 1.62. The average Bonchev–Trinajstić information content (AvgIpc) is 2.60. The zero-order chi connectivity index (χ0) is 7.26. The number of nitrogens with one attached hydrogen (secondary N) is 1. The molecule has 0 aromatic carbocycles. The molecule has 3 aliphatic rings. The molecule has 3 unspecified atom stereocenters. The molecular weight excluding hydrogens is 136 g/mol. The fourth-order valence-corrected chi connectivity index (χ4v) is 2.68. The van der Waals surface area contributed by atoms with Crippen molar-refractivity contribution in [2.45, 2.75) is 18.9 Å². The van der Waals surface area contributed by atoms with E-state index in [0.29, 0.717) is 0 Å². The molecular formula is C9H16N2. The molecule has 3 rings (SSSR count). The van der Waals surface area contributed by atoms with Crippen LogP contribution >= 0.6 is 0 Å². The van der Waals surface area contributed by atoms with Gasteiger partial charge in [-0.05, 0) is 31.2 Å². The molecule has 0 radical (unpaired) electrons. The molecule has 2 heterocycles. The van der Waals surface area contributed by atoms with E-state index in [2.05, 4.69) is 10.2 Å². The van der Waals surface area contributed by atoms with E-state index in [1.54, 1.807) is 0 Å². The summed E-state index contributed by atoms with van der Waals surface area (Å²) in [6.07, 6.45) is 2.93. The summed E-state index contributed by atoms with van der Waals surface area (Å²) in [5.74, 6) is 2.21. The van der Waals surface area contributed by atoms with E-state index >= 15 is 0 Å². The van der Waals surface area contributed by atoms with Crippen molar-refractivity contribution in [1.82, 2.24) is 10.2 Å². The van der Waals surface area contributed by atoms with E-state index in [1.165, 1.54) is 39.0 Å². The van der Waals surface area contributed by atoms with Gasteiger partial charge in [0.1, 0.15) is 0 Å². The first-order valence-electron chi connectivity index (χ1n) is 4.88. The molecule has 2 saturated heterocycles. The van der Waals surface area contributed by atoms with Crippen molar-refractivity contribution in [3.05, 3.63) is 0 Å². The monoisotopic (exact) mass is 152 g/mol. The highest BCUT2D eigenvalue weighted by Crippen LogP contribution is 2.45. The van der Waals surface area contributed by atoms with Crippen LogP contribution in [0.5, 0.6) is 0 Å². The molecule has 0 amide bonds. The van der Waals surface area contributed by atoms with Gasteiger partial charge in [-0.3, -0.25) is 4.90 Å². The van der Waals surface area contributed by atoms with Crippen LogP contribution in [0.25, 0.3) is 0 Å². The second-order valence-electron chi connectivity index (χ2n) is 4.36. The Hall–Kier alpha value is -0.0800. The van der Waals surface area contributed by atoms with Gasteiger partial charge in [-0.25, -0.2) is 0 Å². The molecule has 1 aliphatic carbocycles. The molecule has 2 aliphatic heterocycles. The maximum absolute atomic E-state index is 3.44. The topological polar surface area (TPSA) is 15.3 Å².